The Labute approximate surface area is 116 Å². The van der Waals surface area contributed by atoms with Crippen molar-refractivity contribution in [3.05, 3.63) is 46.9 Å². The topological polar surface area (TPSA) is 87.0 Å². The van der Waals surface area contributed by atoms with Gasteiger partial charge in [-0.2, -0.15) is 0 Å². The third-order valence-electron chi connectivity index (χ3n) is 2.67. The quantitative estimate of drug-likeness (QED) is 0.768. The van der Waals surface area contributed by atoms with E-state index in [0.717, 1.165) is 16.7 Å². The van der Waals surface area contributed by atoms with Gasteiger partial charge in [0.15, 0.2) is 0 Å². The van der Waals surface area contributed by atoms with Gasteiger partial charge in [0.1, 0.15) is 0 Å². The number of hydrogen-bond acceptors (Lipinski definition) is 4. The minimum Gasteiger partial charge on any atom is -0.480 e. The van der Waals surface area contributed by atoms with E-state index < -0.39 is 11.9 Å². The van der Waals surface area contributed by atoms with Crippen molar-refractivity contribution in [2.75, 3.05) is 13.1 Å². The SMILES string of the molecule is C=C(C)c1ccc(CN(CC(=O)O)CC(=O)N=O)cc1. The van der Waals surface area contributed by atoms with Crippen molar-refractivity contribution in [1.29, 1.82) is 0 Å². The highest BCUT2D eigenvalue weighted by atomic mass is 16.4. The molecule has 0 saturated carbocycles. The van der Waals surface area contributed by atoms with Gasteiger partial charge in [-0.25, -0.2) is 0 Å². The van der Waals surface area contributed by atoms with Crippen molar-refractivity contribution in [2.24, 2.45) is 5.18 Å². The molecule has 0 unspecified atom stereocenters. The van der Waals surface area contributed by atoms with E-state index in [1.165, 1.54) is 4.90 Å². The molecular formula is C14H16N2O4. The van der Waals surface area contributed by atoms with Gasteiger partial charge < -0.3 is 5.11 Å². The van der Waals surface area contributed by atoms with Crippen molar-refractivity contribution in [3.63, 3.8) is 0 Å². The Morgan fingerprint density at radius 3 is 2.30 bits per heavy atom. The van der Waals surface area contributed by atoms with Crippen LogP contribution in [0.1, 0.15) is 18.1 Å². The van der Waals surface area contributed by atoms with Crippen LogP contribution in [0.15, 0.2) is 36.0 Å². The Kier molecular flexibility index (Phi) is 5.74. The van der Waals surface area contributed by atoms with Crippen molar-refractivity contribution < 1.29 is 14.7 Å². The molecule has 0 aromatic heterocycles. The maximum absolute atomic E-state index is 11.0. The van der Waals surface area contributed by atoms with E-state index in [9.17, 15) is 14.5 Å². The van der Waals surface area contributed by atoms with Crippen molar-refractivity contribution in [3.8, 4) is 0 Å². The van der Waals surface area contributed by atoms with Crippen LogP contribution in [-0.4, -0.2) is 35.0 Å². The predicted octanol–water partition coefficient (Wildman–Crippen LogP) is 1.90. The summed E-state index contributed by atoms with van der Waals surface area (Å²) in [6, 6.07) is 7.40. The first-order chi connectivity index (χ1) is 9.42. The molecule has 1 rings (SSSR count). The first-order valence-corrected chi connectivity index (χ1v) is 5.97. The molecule has 1 N–H and O–H groups in total. The zero-order chi connectivity index (χ0) is 15.1. The molecule has 0 atom stereocenters. The molecule has 6 nitrogen and oxygen atoms in total. The summed E-state index contributed by atoms with van der Waals surface area (Å²) >= 11 is 0. The van der Waals surface area contributed by atoms with Crippen molar-refractivity contribution in [2.45, 2.75) is 13.5 Å². The molecule has 0 fully saturated rings. The van der Waals surface area contributed by atoms with Crippen LogP contribution in [-0.2, 0) is 16.1 Å². The summed E-state index contributed by atoms with van der Waals surface area (Å²) in [6.07, 6.45) is 0. The molecule has 0 radical (unpaired) electrons. The number of hydrogen-bond donors (Lipinski definition) is 1. The first kappa shape index (κ1) is 15.7. The smallest absolute Gasteiger partial charge is 0.317 e. The highest BCUT2D eigenvalue weighted by Crippen LogP contribution is 2.13. The fourth-order valence-corrected chi connectivity index (χ4v) is 1.73. The van der Waals surface area contributed by atoms with Gasteiger partial charge in [-0.05, 0) is 18.1 Å². The number of nitroso groups, excluding NO2 is 1. The van der Waals surface area contributed by atoms with Crippen LogP contribution >= 0.6 is 0 Å². The second-order valence-corrected chi connectivity index (χ2v) is 4.50. The van der Waals surface area contributed by atoms with Gasteiger partial charge in [-0.3, -0.25) is 14.5 Å². The molecule has 0 bridgehead atoms. The Balaban J connectivity index is 2.77. The number of carbonyl (C=O) groups is 2. The minimum atomic E-state index is -1.07. The molecule has 0 heterocycles. The Morgan fingerprint density at radius 1 is 1.25 bits per heavy atom. The molecule has 20 heavy (non-hydrogen) atoms. The zero-order valence-electron chi connectivity index (χ0n) is 11.2. The monoisotopic (exact) mass is 276 g/mol. The maximum Gasteiger partial charge on any atom is 0.317 e. The van der Waals surface area contributed by atoms with E-state index in [-0.39, 0.29) is 19.6 Å². The summed E-state index contributed by atoms with van der Waals surface area (Å²) in [6.45, 7) is 5.33. The predicted molar refractivity (Wildman–Crippen MR) is 74.9 cm³/mol. The standard InChI is InChI=1S/C14H16N2O4/c1-10(2)12-5-3-11(4-6-12)7-16(9-14(18)19)8-13(17)15-20/h3-6H,1,7-9H2,2H3,(H,18,19). The minimum absolute atomic E-state index is 0.254. The summed E-state index contributed by atoms with van der Waals surface area (Å²) in [4.78, 5) is 33.2. The van der Waals surface area contributed by atoms with E-state index in [1.807, 2.05) is 31.2 Å². The fourth-order valence-electron chi connectivity index (χ4n) is 1.73. The van der Waals surface area contributed by atoms with Gasteiger partial charge in [-0.1, -0.05) is 36.4 Å². The highest BCUT2D eigenvalue weighted by Gasteiger charge is 2.14. The molecule has 6 heteroatoms. The van der Waals surface area contributed by atoms with Gasteiger partial charge in [0, 0.05) is 11.7 Å². The molecule has 0 aliphatic rings. The van der Waals surface area contributed by atoms with E-state index in [0.29, 0.717) is 0 Å². The number of aliphatic carboxylic acids is 1. The number of rotatable bonds is 7. The molecule has 1 amide bonds. The molecule has 0 aliphatic heterocycles. The zero-order valence-corrected chi connectivity index (χ0v) is 11.2. The van der Waals surface area contributed by atoms with Crippen molar-refractivity contribution >= 4 is 17.4 Å². The van der Waals surface area contributed by atoms with Gasteiger partial charge in [0.2, 0.25) is 0 Å². The normalized spacial score (nSPS) is 10.3. The number of amides is 1. The second-order valence-electron chi connectivity index (χ2n) is 4.50. The molecule has 1 aromatic carbocycles. The molecule has 1 aromatic rings. The Hall–Kier alpha value is -2.34. The van der Waals surface area contributed by atoms with Gasteiger partial charge in [0.05, 0.1) is 13.1 Å². The van der Waals surface area contributed by atoms with Gasteiger partial charge >= 0.3 is 5.97 Å². The summed E-state index contributed by atoms with van der Waals surface area (Å²) in [7, 11) is 0. The Morgan fingerprint density at radius 2 is 1.85 bits per heavy atom. The van der Waals surface area contributed by atoms with E-state index in [2.05, 4.69) is 11.8 Å². The fraction of sp³-hybridized carbons (Fsp3) is 0.286. The van der Waals surface area contributed by atoms with E-state index >= 15 is 0 Å². The molecule has 0 saturated heterocycles. The molecule has 0 spiro atoms. The molecule has 0 aliphatic carbocycles. The number of carboxylic acids is 1. The van der Waals surface area contributed by atoms with Gasteiger partial charge in [0.25, 0.3) is 5.91 Å². The number of carbonyl (C=O) groups excluding carboxylic acids is 1. The van der Waals surface area contributed by atoms with Crippen molar-refractivity contribution in [1.82, 2.24) is 4.90 Å². The summed E-state index contributed by atoms with van der Waals surface area (Å²) in [5.41, 5.74) is 2.76. The number of benzene rings is 1. The average Bonchev–Trinajstić information content (AvgIpc) is 2.38. The second kappa shape index (κ2) is 7.30. The average molecular weight is 276 g/mol. The largest absolute Gasteiger partial charge is 0.480 e. The number of carboxylic acid groups (broad SMARTS) is 1. The third kappa shape index (κ3) is 5.11. The third-order valence-corrected chi connectivity index (χ3v) is 2.67. The maximum atomic E-state index is 11.0. The van der Waals surface area contributed by atoms with E-state index in [4.69, 9.17) is 5.11 Å². The van der Waals surface area contributed by atoms with Crippen LogP contribution in [0.2, 0.25) is 0 Å². The summed E-state index contributed by atoms with van der Waals surface area (Å²) in [5, 5.41) is 11.1. The van der Waals surface area contributed by atoms with Crippen LogP contribution in [0.5, 0.6) is 0 Å². The summed E-state index contributed by atoms with van der Waals surface area (Å²) < 4.78 is 0. The lowest BCUT2D eigenvalue weighted by Gasteiger charge is -2.18. The van der Waals surface area contributed by atoms with Crippen LogP contribution in [0.3, 0.4) is 0 Å². The lowest BCUT2D eigenvalue weighted by atomic mass is 10.1. The number of allylic oxidation sites excluding steroid dienone is 1. The lowest BCUT2D eigenvalue weighted by Crippen LogP contribution is -2.33. The lowest BCUT2D eigenvalue weighted by molar-refractivity contribution is -0.138. The molecule has 106 valence electrons. The van der Waals surface area contributed by atoms with Gasteiger partial charge in [-0.15, -0.1) is 4.91 Å². The molecular weight excluding hydrogens is 260 g/mol. The highest BCUT2D eigenvalue weighted by molar-refractivity contribution is 5.79. The summed E-state index contributed by atoms with van der Waals surface area (Å²) in [5.74, 6) is -1.95. The first-order valence-electron chi connectivity index (χ1n) is 5.97. The van der Waals surface area contributed by atoms with E-state index in [1.54, 1.807) is 0 Å². The van der Waals surface area contributed by atoms with Crippen LogP contribution < -0.4 is 0 Å². The van der Waals surface area contributed by atoms with Crippen LogP contribution in [0, 0.1) is 4.91 Å². The van der Waals surface area contributed by atoms with Crippen LogP contribution in [0.25, 0.3) is 5.57 Å². The van der Waals surface area contributed by atoms with Crippen LogP contribution in [0.4, 0.5) is 0 Å². The Bertz CT molecular complexity index is 522. The number of nitrogens with zero attached hydrogens (tertiary/aromatic N) is 2.